The summed E-state index contributed by atoms with van der Waals surface area (Å²) in [4.78, 5) is 4.73. The van der Waals surface area contributed by atoms with Crippen LogP contribution in [0.2, 0.25) is 0 Å². The van der Waals surface area contributed by atoms with Gasteiger partial charge in [-0.25, -0.2) is 4.98 Å². The number of fused-ring (bicyclic) bond motifs is 1. The van der Waals surface area contributed by atoms with Gasteiger partial charge in [-0.1, -0.05) is 19.9 Å². The number of hydrogen-bond acceptors (Lipinski definition) is 4. The first-order valence-corrected chi connectivity index (χ1v) is 7.32. The number of nitrogens with zero attached hydrogens (tertiary/aromatic N) is 1. The molecule has 96 valence electrons. The van der Waals surface area contributed by atoms with Crippen molar-refractivity contribution in [2.75, 3.05) is 13.1 Å². The molecule has 1 aliphatic heterocycles. The van der Waals surface area contributed by atoms with E-state index in [2.05, 4.69) is 31.3 Å². The van der Waals surface area contributed by atoms with E-state index in [1.165, 1.54) is 9.71 Å². The predicted octanol–water partition coefficient (Wildman–Crippen LogP) is 3.16. The van der Waals surface area contributed by atoms with Crippen LogP contribution in [-0.2, 0) is 0 Å². The lowest BCUT2D eigenvalue weighted by molar-refractivity contribution is 0.225. The monoisotopic (exact) mass is 262 g/mol. The molecule has 0 saturated carbocycles. The summed E-state index contributed by atoms with van der Waals surface area (Å²) in [7, 11) is 0. The zero-order valence-electron chi connectivity index (χ0n) is 10.8. The van der Waals surface area contributed by atoms with Crippen molar-refractivity contribution in [3.05, 3.63) is 23.2 Å². The zero-order chi connectivity index (χ0) is 12.5. The average Bonchev–Trinajstić information content (AvgIpc) is 2.97. The van der Waals surface area contributed by atoms with Gasteiger partial charge < -0.3 is 10.1 Å². The highest BCUT2D eigenvalue weighted by atomic mass is 32.1. The van der Waals surface area contributed by atoms with Crippen LogP contribution in [0.4, 0.5) is 0 Å². The van der Waals surface area contributed by atoms with Crippen molar-refractivity contribution in [2.45, 2.75) is 32.3 Å². The molecule has 1 fully saturated rings. The summed E-state index contributed by atoms with van der Waals surface area (Å²) in [5.41, 5.74) is 1.03. The van der Waals surface area contributed by atoms with Crippen molar-refractivity contribution in [1.29, 1.82) is 0 Å². The van der Waals surface area contributed by atoms with Crippen LogP contribution >= 0.6 is 11.3 Å². The zero-order valence-corrected chi connectivity index (χ0v) is 11.6. The molecule has 18 heavy (non-hydrogen) atoms. The van der Waals surface area contributed by atoms with Crippen LogP contribution in [0, 0.1) is 0 Å². The fraction of sp³-hybridized carbons (Fsp3) is 0.500. The Labute approximate surface area is 111 Å². The van der Waals surface area contributed by atoms with Crippen LogP contribution in [0.1, 0.15) is 31.2 Å². The minimum Gasteiger partial charge on any atom is -0.487 e. The smallest absolute Gasteiger partial charge is 0.146 e. The number of rotatable bonds is 3. The molecule has 2 heterocycles. The van der Waals surface area contributed by atoms with E-state index >= 15 is 0 Å². The Morgan fingerprint density at radius 3 is 3.06 bits per heavy atom. The maximum atomic E-state index is 6.06. The van der Waals surface area contributed by atoms with Crippen molar-refractivity contribution in [2.24, 2.45) is 0 Å². The normalized spacial score (nSPS) is 19.8. The summed E-state index contributed by atoms with van der Waals surface area (Å²) < 4.78 is 7.29. The summed E-state index contributed by atoms with van der Waals surface area (Å²) in [6.07, 6.45) is 1.37. The molecule has 1 aliphatic rings. The fourth-order valence-electron chi connectivity index (χ4n) is 2.19. The van der Waals surface area contributed by atoms with E-state index in [1.54, 1.807) is 11.3 Å². The fourth-order valence-corrected chi connectivity index (χ4v) is 3.18. The number of ether oxygens (including phenoxy) is 1. The van der Waals surface area contributed by atoms with E-state index in [0.29, 0.717) is 12.0 Å². The van der Waals surface area contributed by atoms with Crippen molar-refractivity contribution < 1.29 is 4.74 Å². The molecule has 1 aromatic carbocycles. The summed E-state index contributed by atoms with van der Waals surface area (Å²) in [6, 6.07) is 6.21. The Morgan fingerprint density at radius 1 is 1.44 bits per heavy atom. The second-order valence-corrected chi connectivity index (χ2v) is 6.10. The van der Waals surface area contributed by atoms with Crippen molar-refractivity contribution in [3.8, 4) is 5.75 Å². The van der Waals surface area contributed by atoms with Crippen molar-refractivity contribution >= 4 is 21.6 Å². The predicted molar refractivity (Wildman–Crippen MR) is 75.6 cm³/mol. The third kappa shape index (κ3) is 2.22. The Bertz CT molecular complexity index is 544. The van der Waals surface area contributed by atoms with Gasteiger partial charge in [0.1, 0.15) is 17.4 Å². The van der Waals surface area contributed by atoms with E-state index < -0.39 is 0 Å². The van der Waals surface area contributed by atoms with E-state index in [1.807, 2.05) is 6.07 Å². The molecule has 0 aliphatic carbocycles. The quantitative estimate of drug-likeness (QED) is 0.922. The third-order valence-electron chi connectivity index (χ3n) is 3.20. The highest BCUT2D eigenvalue weighted by Gasteiger charge is 2.18. The first-order chi connectivity index (χ1) is 8.74. The largest absolute Gasteiger partial charge is 0.487 e. The lowest BCUT2D eigenvalue weighted by Gasteiger charge is -2.12. The van der Waals surface area contributed by atoms with Crippen molar-refractivity contribution in [1.82, 2.24) is 10.3 Å². The lowest BCUT2D eigenvalue weighted by Crippen LogP contribution is -2.19. The standard InChI is InChI=1S/C14H18N2OS/c1-9(2)14-16-13-11(4-3-5-12(13)18-14)17-10-6-7-15-8-10/h3-5,9-10,15H,6-8H2,1-2H3. The van der Waals surface area contributed by atoms with Crippen LogP contribution in [0.3, 0.4) is 0 Å². The highest BCUT2D eigenvalue weighted by molar-refractivity contribution is 7.18. The molecule has 2 aromatic rings. The Hall–Kier alpha value is -1.13. The Morgan fingerprint density at radius 2 is 2.33 bits per heavy atom. The number of para-hydroxylation sites is 1. The summed E-state index contributed by atoms with van der Waals surface area (Å²) >= 11 is 1.77. The highest BCUT2D eigenvalue weighted by Crippen LogP contribution is 2.33. The molecule has 1 atom stereocenters. The summed E-state index contributed by atoms with van der Waals surface area (Å²) in [5, 5.41) is 4.51. The number of aromatic nitrogens is 1. The van der Waals surface area contributed by atoms with E-state index in [0.717, 1.165) is 30.8 Å². The summed E-state index contributed by atoms with van der Waals surface area (Å²) in [5.74, 6) is 1.41. The molecule has 3 nitrogen and oxygen atoms in total. The van der Waals surface area contributed by atoms with Gasteiger partial charge in [0.05, 0.1) is 9.71 Å². The van der Waals surface area contributed by atoms with Gasteiger partial charge in [0.15, 0.2) is 0 Å². The maximum absolute atomic E-state index is 6.06. The number of hydrogen-bond donors (Lipinski definition) is 1. The van der Waals surface area contributed by atoms with Gasteiger partial charge in [-0.15, -0.1) is 11.3 Å². The van der Waals surface area contributed by atoms with Gasteiger partial charge in [0.2, 0.25) is 0 Å². The van der Waals surface area contributed by atoms with Gasteiger partial charge in [-0.3, -0.25) is 0 Å². The molecule has 1 N–H and O–H groups in total. The molecule has 3 rings (SSSR count). The molecule has 1 unspecified atom stereocenters. The lowest BCUT2D eigenvalue weighted by atomic mass is 10.2. The molecule has 4 heteroatoms. The van der Waals surface area contributed by atoms with E-state index in [-0.39, 0.29) is 0 Å². The molecular weight excluding hydrogens is 244 g/mol. The van der Waals surface area contributed by atoms with Gasteiger partial charge >= 0.3 is 0 Å². The molecule has 0 bridgehead atoms. The van der Waals surface area contributed by atoms with Crippen LogP contribution in [-0.4, -0.2) is 24.2 Å². The van der Waals surface area contributed by atoms with E-state index in [4.69, 9.17) is 9.72 Å². The third-order valence-corrected chi connectivity index (χ3v) is 4.52. The van der Waals surface area contributed by atoms with E-state index in [9.17, 15) is 0 Å². The number of thiazole rings is 1. The topological polar surface area (TPSA) is 34.1 Å². The second-order valence-electron chi connectivity index (χ2n) is 5.04. The maximum Gasteiger partial charge on any atom is 0.146 e. The van der Waals surface area contributed by atoms with Crippen molar-refractivity contribution in [3.63, 3.8) is 0 Å². The summed E-state index contributed by atoms with van der Waals surface area (Å²) in [6.45, 7) is 6.35. The SMILES string of the molecule is CC(C)c1nc2c(OC3CCNC3)cccc2s1. The molecule has 0 radical (unpaired) electrons. The van der Waals surface area contributed by atoms with Crippen LogP contribution in [0.5, 0.6) is 5.75 Å². The number of nitrogens with one attached hydrogen (secondary N) is 1. The van der Waals surface area contributed by atoms with Gasteiger partial charge in [-0.05, 0) is 25.1 Å². The Kier molecular flexibility index (Phi) is 3.22. The molecule has 0 spiro atoms. The first-order valence-electron chi connectivity index (χ1n) is 6.51. The Balaban J connectivity index is 1.95. The molecule has 1 saturated heterocycles. The van der Waals surface area contributed by atoms with Gasteiger partial charge in [0, 0.05) is 12.5 Å². The van der Waals surface area contributed by atoms with Crippen LogP contribution in [0.25, 0.3) is 10.2 Å². The van der Waals surface area contributed by atoms with Crippen LogP contribution in [0.15, 0.2) is 18.2 Å². The second kappa shape index (κ2) is 4.86. The molecular formula is C14H18N2OS. The number of benzene rings is 1. The first kappa shape index (κ1) is 11.9. The minimum absolute atomic E-state index is 0.291. The average molecular weight is 262 g/mol. The minimum atomic E-state index is 0.291. The van der Waals surface area contributed by atoms with Gasteiger partial charge in [0.25, 0.3) is 0 Å². The van der Waals surface area contributed by atoms with Gasteiger partial charge in [-0.2, -0.15) is 0 Å². The molecule has 0 amide bonds. The molecule has 1 aromatic heterocycles. The van der Waals surface area contributed by atoms with Crippen LogP contribution < -0.4 is 10.1 Å².